The molecule has 2 aliphatic heterocycles. The zero-order valence-electron chi connectivity index (χ0n) is 10.6. The maximum atomic E-state index is 12.1. The highest BCUT2D eigenvalue weighted by atomic mass is 32.1. The summed E-state index contributed by atoms with van der Waals surface area (Å²) < 4.78 is 0. The number of fused-ring (bicyclic) bond motifs is 2. The summed E-state index contributed by atoms with van der Waals surface area (Å²) in [5, 5.41) is 9.67. The van der Waals surface area contributed by atoms with E-state index in [0.717, 1.165) is 17.8 Å². The van der Waals surface area contributed by atoms with E-state index in [1.165, 1.54) is 6.42 Å². The van der Waals surface area contributed by atoms with Crippen molar-refractivity contribution in [3.63, 3.8) is 0 Å². The number of rotatable bonds is 4. The molecule has 0 saturated carbocycles. The first-order valence-corrected chi connectivity index (χ1v) is 7.55. The highest BCUT2D eigenvalue weighted by Gasteiger charge is 2.42. The molecule has 2 aliphatic rings. The first kappa shape index (κ1) is 12.1. The quantitative estimate of drug-likeness (QED) is 0.867. The highest BCUT2D eigenvalue weighted by molar-refractivity contribution is 7.09. The molecule has 5 heteroatoms. The number of amides is 1. The summed E-state index contributed by atoms with van der Waals surface area (Å²) in [7, 11) is 0. The Morgan fingerprint density at radius 1 is 1.67 bits per heavy atom. The first-order valence-electron chi connectivity index (χ1n) is 6.67. The fourth-order valence-electron chi connectivity index (χ4n) is 3.06. The number of hydrogen-bond donors (Lipinski definition) is 2. The van der Waals surface area contributed by atoms with Crippen LogP contribution in [0.4, 0.5) is 0 Å². The minimum absolute atomic E-state index is 0.187. The Hall–Kier alpha value is -0.940. The summed E-state index contributed by atoms with van der Waals surface area (Å²) in [4.78, 5) is 16.4. The van der Waals surface area contributed by atoms with Gasteiger partial charge in [0, 0.05) is 36.1 Å². The third-order valence-electron chi connectivity index (χ3n) is 4.09. The molecule has 0 aliphatic carbocycles. The summed E-state index contributed by atoms with van der Waals surface area (Å²) >= 11 is 1.65. The Morgan fingerprint density at radius 3 is 3.17 bits per heavy atom. The monoisotopic (exact) mass is 265 g/mol. The molecule has 0 radical (unpaired) electrons. The SMILES string of the molecule is CC(CNC(=O)C1CC2CCC1N2)c1nccs1. The number of carbonyl (C=O) groups excluding carboxylic acids is 1. The van der Waals surface area contributed by atoms with Crippen LogP contribution in [0.2, 0.25) is 0 Å². The largest absolute Gasteiger partial charge is 0.355 e. The number of thiazole rings is 1. The topological polar surface area (TPSA) is 54.0 Å². The van der Waals surface area contributed by atoms with Crippen molar-refractivity contribution in [3.8, 4) is 0 Å². The molecule has 0 spiro atoms. The molecule has 3 heterocycles. The molecular weight excluding hydrogens is 246 g/mol. The number of nitrogens with zero attached hydrogens (tertiary/aromatic N) is 1. The van der Waals surface area contributed by atoms with Gasteiger partial charge in [0.05, 0.1) is 10.9 Å². The van der Waals surface area contributed by atoms with Crippen LogP contribution in [-0.2, 0) is 4.79 Å². The third kappa shape index (κ3) is 2.29. The van der Waals surface area contributed by atoms with Crippen LogP contribution in [0.1, 0.15) is 37.1 Å². The van der Waals surface area contributed by atoms with Gasteiger partial charge in [0.1, 0.15) is 0 Å². The van der Waals surface area contributed by atoms with Gasteiger partial charge in [-0.05, 0) is 19.3 Å². The zero-order chi connectivity index (χ0) is 12.5. The van der Waals surface area contributed by atoms with E-state index in [2.05, 4.69) is 22.5 Å². The van der Waals surface area contributed by atoms with Crippen LogP contribution >= 0.6 is 11.3 Å². The molecule has 3 rings (SSSR count). The van der Waals surface area contributed by atoms with Crippen molar-refractivity contribution in [2.75, 3.05) is 6.54 Å². The van der Waals surface area contributed by atoms with Crippen LogP contribution in [0.5, 0.6) is 0 Å². The second-order valence-corrected chi connectivity index (χ2v) is 6.33. The van der Waals surface area contributed by atoms with E-state index >= 15 is 0 Å². The summed E-state index contributed by atoms with van der Waals surface area (Å²) in [5.74, 6) is 0.714. The summed E-state index contributed by atoms with van der Waals surface area (Å²) in [6, 6.07) is 1.01. The summed E-state index contributed by atoms with van der Waals surface area (Å²) in [5.41, 5.74) is 0. The Labute approximate surface area is 111 Å². The van der Waals surface area contributed by atoms with Crippen LogP contribution in [0.15, 0.2) is 11.6 Å². The molecule has 1 amide bonds. The Balaban J connectivity index is 1.50. The second-order valence-electron chi connectivity index (χ2n) is 5.41. The van der Waals surface area contributed by atoms with Crippen LogP contribution < -0.4 is 10.6 Å². The van der Waals surface area contributed by atoms with Gasteiger partial charge in [-0.15, -0.1) is 11.3 Å². The molecule has 2 N–H and O–H groups in total. The van der Waals surface area contributed by atoms with Crippen LogP contribution in [0, 0.1) is 5.92 Å². The predicted octanol–water partition coefficient (Wildman–Crippen LogP) is 1.50. The van der Waals surface area contributed by atoms with Gasteiger partial charge in [0.2, 0.25) is 5.91 Å². The molecule has 1 aromatic rings. The van der Waals surface area contributed by atoms with Crippen molar-refractivity contribution in [1.82, 2.24) is 15.6 Å². The third-order valence-corrected chi connectivity index (χ3v) is 5.10. The maximum Gasteiger partial charge on any atom is 0.224 e. The molecule has 18 heavy (non-hydrogen) atoms. The summed E-state index contributed by atoms with van der Waals surface area (Å²) in [6.07, 6.45) is 5.23. The molecule has 2 bridgehead atoms. The van der Waals surface area contributed by atoms with Gasteiger partial charge in [0.25, 0.3) is 0 Å². The van der Waals surface area contributed by atoms with Crippen molar-refractivity contribution >= 4 is 17.2 Å². The normalized spacial score (nSPS) is 31.5. The van der Waals surface area contributed by atoms with Crippen molar-refractivity contribution in [2.45, 2.75) is 44.2 Å². The molecule has 2 fully saturated rings. The van der Waals surface area contributed by atoms with Crippen molar-refractivity contribution in [2.24, 2.45) is 5.92 Å². The lowest BCUT2D eigenvalue weighted by atomic mass is 9.88. The van der Waals surface area contributed by atoms with E-state index in [9.17, 15) is 4.79 Å². The lowest BCUT2D eigenvalue weighted by Gasteiger charge is -2.20. The zero-order valence-corrected chi connectivity index (χ0v) is 11.4. The van der Waals surface area contributed by atoms with Gasteiger partial charge in [-0.1, -0.05) is 6.92 Å². The minimum Gasteiger partial charge on any atom is -0.355 e. The standard InChI is InChI=1S/C13H19N3OS/c1-8(13-14-4-5-18-13)7-15-12(17)10-6-9-2-3-11(10)16-9/h4-5,8-11,16H,2-3,6-7H2,1H3,(H,15,17). The van der Waals surface area contributed by atoms with Gasteiger partial charge in [-0.3, -0.25) is 4.79 Å². The van der Waals surface area contributed by atoms with Crippen LogP contribution in [0.25, 0.3) is 0 Å². The molecule has 4 atom stereocenters. The van der Waals surface area contributed by atoms with E-state index in [1.54, 1.807) is 11.3 Å². The molecule has 1 aromatic heterocycles. The smallest absolute Gasteiger partial charge is 0.224 e. The van der Waals surface area contributed by atoms with E-state index < -0.39 is 0 Å². The Morgan fingerprint density at radius 2 is 2.56 bits per heavy atom. The van der Waals surface area contributed by atoms with E-state index in [4.69, 9.17) is 0 Å². The second kappa shape index (κ2) is 4.97. The van der Waals surface area contributed by atoms with Crippen molar-refractivity contribution in [3.05, 3.63) is 16.6 Å². The number of nitrogens with one attached hydrogen (secondary N) is 2. The van der Waals surface area contributed by atoms with Crippen molar-refractivity contribution < 1.29 is 4.79 Å². The fraction of sp³-hybridized carbons (Fsp3) is 0.692. The Kier molecular flexibility index (Phi) is 3.35. The van der Waals surface area contributed by atoms with Crippen molar-refractivity contribution in [1.29, 1.82) is 0 Å². The van der Waals surface area contributed by atoms with Gasteiger partial charge in [-0.25, -0.2) is 4.98 Å². The number of carbonyl (C=O) groups is 1. The van der Waals surface area contributed by atoms with E-state index in [0.29, 0.717) is 24.5 Å². The van der Waals surface area contributed by atoms with Gasteiger partial charge >= 0.3 is 0 Å². The maximum absolute atomic E-state index is 12.1. The van der Waals surface area contributed by atoms with Gasteiger partial charge < -0.3 is 10.6 Å². The molecule has 0 aromatic carbocycles. The van der Waals surface area contributed by atoms with Gasteiger partial charge in [-0.2, -0.15) is 0 Å². The predicted molar refractivity (Wildman–Crippen MR) is 71.6 cm³/mol. The fourth-order valence-corrected chi connectivity index (χ4v) is 3.76. The molecule has 98 valence electrons. The Bertz CT molecular complexity index is 420. The highest BCUT2D eigenvalue weighted by Crippen LogP contribution is 2.33. The average Bonchev–Trinajstić information content (AvgIpc) is 3.09. The van der Waals surface area contributed by atoms with E-state index in [-0.39, 0.29) is 11.8 Å². The number of hydrogen-bond acceptors (Lipinski definition) is 4. The molecule has 4 nitrogen and oxygen atoms in total. The van der Waals surface area contributed by atoms with E-state index in [1.807, 2.05) is 11.6 Å². The molecular formula is C13H19N3OS. The average molecular weight is 265 g/mol. The number of aromatic nitrogens is 1. The lowest BCUT2D eigenvalue weighted by molar-refractivity contribution is -0.125. The lowest BCUT2D eigenvalue weighted by Crippen LogP contribution is -2.38. The van der Waals surface area contributed by atoms with Crippen LogP contribution in [0.3, 0.4) is 0 Å². The molecule has 2 saturated heterocycles. The van der Waals surface area contributed by atoms with Crippen LogP contribution in [-0.4, -0.2) is 29.5 Å². The minimum atomic E-state index is 0.187. The van der Waals surface area contributed by atoms with Gasteiger partial charge in [0.15, 0.2) is 0 Å². The first-order chi connectivity index (χ1) is 8.74. The molecule has 4 unspecified atom stereocenters. The summed E-state index contributed by atoms with van der Waals surface area (Å²) in [6.45, 7) is 2.80.